The van der Waals surface area contributed by atoms with Gasteiger partial charge < -0.3 is 9.47 Å². The lowest BCUT2D eigenvalue weighted by molar-refractivity contribution is -0.140. The molecule has 214 valence electrons. The summed E-state index contributed by atoms with van der Waals surface area (Å²) < 4.78 is 69.7. The number of esters is 1. The molecule has 0 radical (unpaired) electrons. The zero-order valence-electron chi connectivity index (χ0n) is 23.1. The van der Waals surface area contributed by atoms with Crippen molar-refractivity contribution < 1.29 is 31.8 Å². The zero-order valence-corrected chi connectivity index (χ0v) is 23.1. The lowest BCUT2D eigenvalue weighted by Gasteiger charge is -2.28. The molecule has 0 unspecified atom stereocenters. The lowest BCUT2D eigenvalue weighted by atomic mass is 9.78. The van der Waals surface area contributed by atoms with Crippen LogP contribution in [0.3, 0.4) is 0 Å². The summed E-state index contributed by atoms with van der Waals surface area (Å²) in [6.07, 6.45) is 6.64. The number of hydrogen-bond donors (Lipinski definition) is 0. The molecule has 0 amide bonds. The number of hydrogen-bond acceptors (Lipinski definition) is 3. The van der Waals surface area contributed by atoms with Gasteiger partial charge in [0.25, 0.3) is 0 Å². The largest absolute Gasteiger partial charge is 0.490 e. The maximum Gasteiger partial charge on any atom is 0.314 e. The first kappa shape index (κ1) is 29.6. The molecule has 3 aromatic carbocycles. The van der Waals surface area contributed by atoms with E-state index in [1.807, 2.05) is 19.1 Å². The third-order valence-electron chi connectivity index (χ3n) is 7.70. The van der Waals surface area contributed by atoms with Crippen LogP contribution < -0.4 is 9.47 Å². The molecule has 0 spiro atoms. The van der Waals surface area contributed by atoms with Crippen LogP contribution in [0.5, 0.6) is 11.5 Å². The molecule has 0 bridgehead atoms. The fourth-order valence-electron chi connectivity index (χ4n) is 5.26. The van der Waals surface area contributed by atoms with E-state index in [1.54, 1.807) is 24.3 Å². The summed E-state index contributed by atoms with van der Waals surface area (Å²) >= 11 is 0. The Balaban J connectivity index is 1.32. The van der Waals surface area contributed by atoms with Crippen LogP contribution in [-0.2, 0) is 4.79 Å². The molecule has 0 N–H and O–H groups in total. The average Bonchev–Trinajstić information content (AvgIpc) is 2.96. The molecule has 0 atom stereocenters. The van der Waals surface area contributed by atoms with Gasteiger partial charge in [0.15, 0.2) is 23.1 Å². The van der Waals surface area contributed by atoms with E-state index in [4.69, 9.17) is 9.47 Å². The number of ether oxygens (including phenoxy) is 2. The van der Waals surface area contributed by atoms with E-state index in [9.17, 15) is 18.0 Å². The van der Waals surface area contributed by atoms with E-state index in [0.29, 0.717) is 31.2 Å². The van der Waals surface area contributed by atoms with Crippen LogP contribution in [0.4, 0.5) is 17.6 Å². The molecule has 0 heterocycles. The van der Waals surface area contributed by atoms with Gasteiger partial charge >= 0.3 is 5.97 Å². The molecule has 40 heavy (non-hydrogen) atoms. The van der Waals surface area contributed by atoms with Crippen molar-refractivity contribution in [3.05, 3.63) is 82.9 Å². The number of aryl methyl sites for hydroxylation is 1. The Hall–Kier alpha value is -3.35. The van der Waals surface area contributed by atoms with Crippen molar-refractivity contribution in [1.82, 2.24) is 0 Å². The number of carbonyl (C=O) groups is 1. The summed E-state index contributed by atoms with van der Waals surface area (Å²) in [6.45, 7) is 4.32. The van der Waals surface area contributed by atoms with E-state index in [-0.39, 0.29) is 29.4 Å². The Morgan fingerprint density at radius 1 is 0.750 bits per heavy atom. The van der Waals surface area contributed by atoms with Crippen molar-refractivity contribution in [2.24, 2.45) is 5.92 Å². The molecule has 1 saturated carbocycles. The fourth-order valence-corrected chi connectivity index (χ4v) is 5.26. The first-order valence-corrected chi connectivity index (χ1v) is 14.2. The van der Waals surface area contributed by atoms with Crippen molar-refractivity contribution in [1.29, 1.82) is 0 Å². The molecule has 0 saturated heterocycles. The van der Waals surface area contributed by atoms with Gasteiger partial charge in [0.1, 0.15) is 0 Å². The molecule has 1 aliphatic carbocycles. The van der Waals surface area contributed by atoms with Gasteiger partial charge in [0, 0.05) is 5.56 Å². The highest BCUT2D eigenvalue weighted by atomic mass is 19.2. The summed E-state index contributed by atoms with van der Waals surface area (Å²) in [7, 11) is 0. The predicted molar refractivity (Wildman–Crippen MR) is 147 cm³/mol. The first-order valence-electron chi connectivity index (χ1n) is 14.2. The smallest absolute Gasteiger partial charge is 0.314 e. The Kier molecular flexibility index (Phi) is 10.2. The molecule has 7 heteroatoms. The second-order valence-electron chi connectivity index (χ2n) is 10.6. The second kappa shape index (κ2) is 13.8. The van der Waals surface area contributed by atoms with Gasteiger partial charge in [-0.1, -0.05) is 74.6 Å². The van der Waals surface area contributed by atoms with Crippen molar-refractivity contribution in [2.45, 2.75) is 77.6 Å². The molecule has 3 aromatic rings. The molecule has 0 aliphatic heterocycles. The van der Waals surface area contributed by atoms with Crippen LogP contribution in [-0.4, -0.2) is 12.6 Å². The van der Waals surface area contributed by atoms with Crippen LogP contribution in [0.1, 0.15) is 81.8 Å². The Morgan fingerprint density at radius 3 is 2.10 bits per heavy atom. The van der Waals surface area contributed by atoms with E-state index < -0.39 is 40.9 Å². The van der Waals surface area contributed by atoms with Crippen LogP contribution in [0, 0.1) is 36.1 Å². The van der Waals surface area contributed by atoms with Crippen molar-refractivity contribution in [3.63, 3.8) is 0 Å². The third-order valence-corrected chi connectivity index (χ3v) is 7.70. The molecule has 3 nitrogen and oxygen atoms in total. The monoisotopic (exact) mass is 556 g/mol. The maximum absolute atomic E-state index is 15.1. The molecular formula is C33H36F4O3. The van der Waals surface area contributed by atoms with Gasteiger partial charge in [-0.05, 0) is 68.2 Å². The number of rotatable bonds is 11. The zero-order chi connectivity index (χ0) is 28.6. The highest BCUT2D eigenvalue weighted by Crippen LogP contribution is 2.40. The number of benzene rings is 3. The van der Waals surface area contributed by atoms with E-state index in [1.165, 1.54) is 12.1 Å². The van der Waals surface area contributed by atoms with Gasteiger partial charge in [-0.3, -0.25) is 4.79 Å². The highest BCUT2D eigenvalue weighted by molar-refractivity contribution is 5.75. The standard InChI is InChI=1S/C33H36F4O3/c1-3-4-5-6-7-20-39-27-18-19-28(32(37)31(27)36)40-33(38)24-14-12-23(13-15-24)26-17-16-25(29(34)30(26)35)22-10-8-21(2)9-11-22/h8-11,16-19,23-24H,3-7,12-15,20H2,1-2H3. The summed E-state index contributed by atoms with van der Waals surface area (Å²) in [4.78, 5) is 12.7. The van der Waals surface area contributed by atoms with E-state index in [2.05, 4.69) is 6.92 Å². The molecular weight excluding hydrogens is 520 g/mol. The van der Waals surface area contributed by atoms with E-state index in [0.717, 1.165) is 37.7 Å². The van der Waals surface area contributed by atoms with Crippen molar-refractivity contribution >= 4 is 5.97 Å². The quantitative estimate of drug-likeness (QED) is 0.102. The lowest BCUT2D eigenvalue weighted by Crippen LogP contribution is -2.26. The highest BCUT2D eigenvalue weighted by Gasteiger charge is 2.31. The maximum atomic E-state index is 15.1. The minimum absolute atomic E-state index is 0.205. The topological polar surface area (TPSA) is 35.5 Å². The summed E-state index contributed by atoms with van der Waals surface area (Å²) in [5, 5.41) is 0. The minimum atomic E-state index is -1.27. The molecule has 0 aromatic heterocycles. The van der Waals surface area contributed by atoms with Gasteiger partial charge in [0.05, 0.1) is 12.5 Å². The van der Waals surface area contributed by atoms with Crippen molar-refractivity contribution in [2.75, 3.05) is 6.61 Å². The van der Waals surface area contributed by atoms with Crippen molar-refractivity contribution in [3.8, 4) is 22.6 Å². The van der Waals surface area contributed by atoms with Gasteiger partial charge in [0.2, 0.25) is 11.6 Å². The fraction of sp³-hybridized carbons (Fsp3) is 0.424. The first-order chi connectivity index (χ1) is 19.3. The number of carbonyl (C=O) groups excluding carboxylic acids is 1. The Labute approximate surface area is 233 Å². The normalized spacial score (nSPS) is 17.1. The SMILES string of the molecule is CCCCCCCOc1ccc(OC(=O)C2CCC(c3ccc(-c4ccc(C)cc4)c(F)c3F)CC2)c(F)c1F. The molecule has 1 aliphatic rings. The minimum Gasteiger partial charge on any atom is -0.490 e. The average molecular weight is 557 g/mol. The third kappa shape index (κ3) is 7.04. The second-order valence-corrected chi connectivity index (χ2v) is 10.6. The summed E-state index contributed by atoms with van der Waals surface area (Å²) in [5.41, 5.74) is 2.12. The van der Waals surface area contributed by atoms with Gasteiger partial charge in [-0.2, -0.15) is 8.78 Å². The van der Waals surface area contributed by atoms with E-state index >= 15 is 4.39 Å². The van der Waals surface area contributed by atoms with Gasteiger partial charge in [-0.15, -0.1) is 0 Å². The van der Waals surface area contributed by atoms with Crippen LogP contribution >= 0.6 is 0 Å². The summed E-state index contributed by atoms with van der Waals surface area (Å²) in [5.74, 6) is -6.37. The Morgan fingerprint density at radius 2 is 1.40 bits per heavy atom. The van der Waals surface area contributed by atoms with Crippen LogP contribution in [0.25, 0.3) is 11.1 Å². The number of unbranched alkanes of at least 4 members (excludes halogenated alkanes) is 4. The molecule has 4 rings (SSSR count). The Bertz CT molecular complexity index is 1300. The number of halogens is 4. The summed E-state index contributed by atoms with van der Waals surface area (Å²) in [6, 6.07) is 12.9. The predicted octanol–water partition coefficient (Wildman–Crippen LogP) is 9.45. The van der Waals surface area contributed by atoms with Gasteiger partial charge in [-0.25, -0.2) is 8.78 Å². The van der Waals surface area contributed by atoms with Crippen LogP contribution in [0.2, 0.25) is 0 Å². The molecule has 1 fully saturated rings. The van der Waals surface area contributed by atoms with Crippen LogP contribution in [0.15, 0.2) is 48.5 Å².